The van der Waals surface area contributed by atoms with Crippen LogP contribution in [-0.4, -0.2) is 76.1 Å². The van der Waals surface area contributed by atoms with Crippen molar-refractivity contribution in [3.63, 3.8) is 0 Å². The molecular formula is C22H38FN5. The lowest BCUT2D eigenvalue weighted by Crippen LogP contribution is -2.44. The maximum absolute atomic E-state index is 12.3. The minimum atomic E-state index is -0.186. The fourth-order valence-electron chi connectivity index (χ4n) is 4.73. The van der Waals surface area contributed by atoms with E-state index in [9.17, 15) is 4.39 Å². The number of rotatable bonds is 4. The van der Waals surface area contributed by atoms with Gasteiger partial charge in [-0.25, -0.2) is 4.39 Å². The summed E-state index contributed by atoms with van der Waals surface area (Å²) in [4.78, 5) is 15.8. The van der Waals surface area contributed by atoms with Gasteiger partial charge in [-0.15, -0.1) is 0 Å². The van der Waals surface area contributed by atoms with E-state index in [2.05, 4.69) is 52.4 Å². The Morgan fingerprint density at radius 1 is 0.893 bits per heavy atom. The van der Waals surface area contributed by atoms with Crippen LogP contribution in [0.2, 0.25) is 0 Å². The summed E-state index contributed by atoms with van der Waals surface area (Å²) >= 11 is 0. The van der Waals surface area contributed by atoms with Crippen LogP contribution in [0.15, 0.2) is 12.4 Å². The normalized spacial score (nSPS) is 22.7. The second kappa shape index (κ2) is 9.59. The molecule has 0 N–H and O–H groups in total. The molecule has 0 amide bonds. The molecule has 6 heteroatoms. The highest BCUT2D eigenvalue weighted by atomic mass is 19.1. The molecule has 3 aliphatic rings. The van der Waals surface area contributed by atoms with Gasteiger partial charge in [0.05, 0.1) is 11.4 Å². The Labute approximate surface area is 170 Å². The van der Waals surface area contributed by atoms with E-state index >= 15 is 0 Å². The van der Waals surface area contributed by atoms with Crippen LogP contribution in [0.3, 0.4) is 0 Å². The lowest BCUT2D eigenvalue weighted by Gasteiger charge is -2.41. The van der Waals surface area contributed by atoms with Crippen LogP contribution < -0.4 is 0 Å². The molecule has 0 radical (unpaired) electrons. The molecule has 158 valence electrons. The van der Waals surface area contributed by atoms with Gasteiger partial charge in [0.25, 0.3) is 0 Å². The summed E-state index contributed by atoms with van der Waals surface area (Å²) in [5.41, 5.74) is 2.82. The summed E-state index contributed by atoms with van der Waals surface area (Å²) in [7, 11) is 0. The molecule has 0 atom stereocenters. The molecule has 1 aromatic rings. The van der Waals surface area contributed by atoms with Crippen molar-refractivity contribution >= 4 is 0 Å². The third-order valence-electron chi connectivity index (χ3n) is 6.80. The predicted molar refractivity (Wildman–Crippen MR) is 112 cm³/mol. The maximum atomic E-state index is 12.3. The van der Waals surface area contributed by atoms with Crippen molar-refractivity contribution in [1.82, 2.24) is 24.7 Å². The molecule has 3 aliphatic heterocycles. The van der Waals surface area contributed by atoms with E-state index in [4.69, 9.17) is 0 Å². The number of piperidine rings is 1. The lowest BCUT2D eigenvalue weighted by atomic mass is 9.77. The molecule has 0 bridgehead atoms. The van der Waals surface area contributed by atoms with Gasteiger partial charge in [0, 0.05) is 50.7 Å². The third-order valence-corrected chi connectivity index (χ3v) is 6.80. The lowest BCUT2D eigenvalue weighted by molar-refractivity contribution is 0.0864. The number of hydrogen-bond acceptors (Lipinski definition) is 5. The number of aromatic nitrogens is 2. The van der Waals surface area contributed by atoms with Crippen molar-refractivity contribution in [1.29, 1.82) is 0 Å². The smallest absolute Gasteiger partial charge is 0.102 e. The number of nitrogens with zero attached hydrogens (tertiary/aromatic N) is 5. The fourth-order valence-corrected chi connectivity index (χ4v) is 4.73. The Balaban J connectivity index is 0.000000167. The first-order valence-corrected chi connectivity index (χ1v) is 11.0. The number of alkyl halides is 1. The monoisotopic (exact) mass is 391 g/mol. The molecular weight excluding hydrogens is 353 g/mol. The van der Waals surface area contributed by atoms with Crippen LogP contribution in [0.5, 0.6) is 0 Å². The van der Waals surface area contributed by atoms with E-state index in [0.717, 1.165) is 37.6 Å². The zero-order valence-corrected chi connectivity index (χ0v) is 18.2. The predicted octanol–water partition coefficient (Wildman–Crippen LogP) is 3.35. The van der Waals surface area contributed by atoms with Gasteiger partial charge in [-0.1, -0.05) is 0 Å². The van der Waals surface area contributed by atoms with Gasteiger partial charge in [-0.05, 0) is 72.0 Å². The molecule has 0 saturated carbocycles. The molecule has 1 aromatic heterocycles. The van der Waals surface area contributed by atoms with E-state index in [-0.39, 0.29) is 6.67 Å². The first-order valence-electron chi connectivity index (χ1n) is 11.0. The second-order valence-electron chi connectivity index (χ2n) is 9.29. The highest BCUT2D eigenvalue weighted by Gasteiger charge is 2.40. The first-order chi connectivity index (χ1) is 13.4. The van der Waals surface area contributed by atoms with Crippen molar-refractivity contribution in [2.45, 2.75) is 72.1 Å². The Morgan fingerprint density at radius 2 is 1.43 bits per heavy atom. The number of hydrogen-bond donors (Lipinski definition) is 0. The van der Waals surface area contributed by atoms with Crippen molar-refractivity contribution in [2.75, 3.05) is 39.4 Å². The fraction of sp³-hybridized carbons (Fsp3) is 0.818. The van der Waals surface area contributed by atoms with Gasteiger partial charge in [0.15, 0.2) is 0 Å². The molecule has 0 aromatic carbocycles. The Kier molecular flexibility index (Phi) is 7.40. The van der Waals surface area contributed by atoms with Gasteiger partial charge in [0.2, 0.25) is 0 Å². The number of fused-ring (bicyclic) bond motifs is 1. The summed E-state index contributed by atoms with van der Waals surface area (Å²) < 4.78 is 12.3. The molecule has 1 spiro atoms. The first kappa shape index (κ1) is 21.6. The topological polar surface area (TPSA) is 35.5 Å². The van der Waals surface area contributed by atoms with Gasteiger partial charge in [-0.2, -0.15) is 0 Å². The molecule has 2 saturated heterocycles. The van der Waals surface area contributed by atoms with Crippen LogP contribution in [0, 0.1) is 5.41 Å². The van der Waals surface area contributed by atoms with Gasteiger partial charge in [-0.3, -0.25) is 14.9 Å². The quantitative estimate of drug-likeness (QED) is 0.787. The van der Waals surface area contributed by atoms with E-state index in [1.165, 1.54) is 32.4 Å². The Bertz CT molecular complexity index is 588. The molecule has 4 rings (SSSR count). The molecule has 28 heavy (non-hydrogen) atoms. The second-order valence-corrected chi connectivity index (χ2v) is 9.29. The third kappa shape index (κ3) is 5.28. The molecule has 0 aliphatic carbocycles. The average Bonchev–Trinajstić information content (AvgIpc) is 3.28. The van der Waals surface area contributed by atoms with Gasteiger partial charge in [0.1, 0.15) is 6.67 Å². The summed E-state index contributed by atoms with van der Waals surface area (Å²) in [6.45, 7) is 16.1. The average molecular weight is 392 g/mol. The van der Waals surface area contributed by atoms with Crippen molar-refractivity contribution in [2.24, 2.45) is 5.41 Å². The van der Waals surface area contributed by atoms with E-state index in [0.29, 0.717) is 24.0 Å². The van der Waals surface area contributed by atoms with Crippen molar-refractivity contribution in [3.8, 4) is 0 Å². The number of halogens is 1. The highest BCUT2D eigenvalue weighted by molar-refractivity contribution is 5.15. The molecule has 4 heterocycles. The molecule has 2 fully saturated rings. The largest absolute Gasteiger partial charge is 0.301 e. The van der Waals surface area contributed by atoms with Crippen molar-refractivity contribution in [3.05, 3.63) is 23.8 Å². The Hall–Kier alpha value is -1.11. The van der Waals surface area contributed by atoms with Crippen LogP contribution in [0.1, 0.15) is 58.3 Å². The van der Waals surface area contributed by atoms with Gasteiger partial charge < -0.3 is 9.80 Å². The zero-order valence-electron chi connectivity index (χ0n) is 18.2. The van der Waals surface area contributed by atoms with Crippen LogP contribution >= 0.6 is 0 Å². The zero-order chi connectivity index (χ0) is 20.1. The SMILES string of the molecule is CC(C)N1CCC2(CCN(CCF)C2)CC1.CC(C)N1Cc2nccnc2C1. The van der Waals surface area contributed by atoms with Gasteiger partial charge >= 0.3 is 0 Å². The highest BCUT2D eigenvalue weighted by Crippen LogP contribution is 2.40. The standard InChI is InChI=1S/C13H25FN2.C9H13N3/c1-12(2)16-8-4-13(5-9-16)3-7-15(11-13)10-6-14;1-7(2)12-5-8-9(6-12)11-4-3-10-8/h12H,3-11H2,1-2H3;3-4,7H,5-6H2,1-2H3. The molecule has 0 unspecified atom stereocenters. The summed E-state index contributed by atoms with van der Waals surface area (Å²) in [5.74, 6) is 0. The minimum Gasteiger partial charge on any atom is -0.301 e. The van der Waals surface area contributed by atoms with E-state index in [1.807, 2.05) is 0 Å². The van der Waals surface area contributed by atoms with E-state index < -0.39 is 0 Å². The molecule has 5 nitrogen and oxygen atoms in total. The van der Waals surface area contributed by atoms with E-state index in [1.54, 1.807) is 12.4 Å². The summed E-state index contributed by atoms with van der Waals surface area (Å²) in [6.07, 6.45) is 7.45. The summed E-state index contributed by atoms with van der Waals surface area (Å²) in [5, 5.41) is 0. The van der Waals surface area contributed by atoms with Crippen molar-refractivity contribution < 1.29 is 4.39 Å². The number of likely N-dealkylation sites (tertiary alicyclic amines) is 2. The maximum Gasteiger partial charge on any atom is 0.102 e. The summed E-state index contributed by atoms with van der Waals surface area (Å²) in [6, 6.07) is 1.27. The van der Waals surface area contributed by atoms with Crippen LogP contribution in [-0.2, 0) is 13.1 Å². The minimum absolute atomic E-state index is 0.186. The Morgan fingerprint density at radius 3 is 1.93 bits per heavy atom. The van der Waals surface area contributed by atoms with Crippen LogP contribution in [0.25, 0.3) is 0 Å². The van der Waals surface area contributed by atoms with Crippen LogP contribution in [0.4, 0.5) is 4.39 Å².